The van der Waals surface area contributed by atoms with E-state index < -0.39 is 6.10 Å². The van der Waals surface area contributed by atoms with Crippen LogP contribution in [0.25, 0.3) is 11.1 Å². The summed E-state index contributed by atoms with van der Waals surface area (Å²) in [5, 5.41) is 4.03. The highest BCUT2D eigenvalue weighted by molar-refractivity contribution is 9.10. The van der Waals surface area contributed by atoms with Gasteiger partial charge >= 0.3 is 0 Å². The average Bonchev–Trinajstić information content (AvgIpc) is 2.81. The van der Waals surface area contributed by atoms with E-state index in [1.165, 1.54) is 6.21 Å². The standard InChI is InChI=1S/C25H25BrN2O4/c1-4-31-24-22(26)14-18(15-23(24)30-3)16-27-28-25(29)17(2)32-21-12-10-20(11-13-21)19-8-6-5-7-9-19/h5-17H,4H2,1-3H3,(H,28,29)/b27-16+/t17-/m0/s1. The van der Waals surface area contributed by atoms with E-state index in [0.29, 0.717) is 23.9 Å². The third-order valence-electron chi connectivity index (χ3n) is 4.57. The Bertz CT molecular complexity index is 1070. The molecule has 0 aromatic heterocycles. The highest BCUT2D eigenvalue weighted by atomic mass is 79.9. The number of nitrogens with zero attached hydrogens (tertiary/aromatic N) is 1. The van der Waals surface area contributed by atoms with Gasteiger partial charge in [0.2, 0.25) is 0 Å². The summed E-state index contributed by atoms with van der Waals surface area (Å²) < 4.78 is 17.4. The zero-order chi connectivity index (χ0) is 22.9. The number of ether oxygens (including phenoxy) is 3. The Morgan fingerprint density at radius 2 is 1.78 bits per heavy atom. The molecule has 166 valence electrons. The van der Waals surface area contributed by atoms with Crippen molar-refractivity contribution >= 4 is 28.1 Å². The summed E-state index contributed by atoms with van der Waals surface area (Å²) in [6.45, 7) is 4.09. The molecule has 0 fully saturated rings. The molecule has 0 bridgehead atoms. The zero-order valence-electron chi connectivity index (χ0n) is 18.2. The maximum absolute atomic E-state index is 12.4. The molecule has 3 aromatic carbocycles. The van der Waals surface area contributed by atoms with Crippen LogP contribution >= 0.6 is 15.9 Å². The summed E-state index contributed by atoms with van der Waals surface area (Å²) >= 11 is 3.47. The number of carbonyl (C=O) groups excluding carboxylic acids is 1. The predicted octanol–water partition coefficient (Wildman–Crippen LogP) is 5.44. The minimum atomic E-state index is -0.712. The molecule has 0 saturated heterocycles. The van der Waals surface area contributed by atoms with Crippen LogP contribution in [-0.4, -0.2) is 31.9 Å². The van der Waals surface area contributed by atoms with Crippen LogP contribution in [0.4, 0.5) is 0 Å². The van der Waals surface area contributed by atoms with E-state index in [-0.39, 0.29) is 5.91 Å². The first-order valence-electron chi connectivity index (χ1n) is 10.2. The Morgan fingerprint density at radius 1 is 1.09 bits per heavy atom. The lowest BCUT2D eigenvalue weighted by Crippen LogP contribution is -2.33. The number of hydrazone groups is 1. The molecule has 0 heterocycles. The first-order valence-corrected chi connectivity index (χ1v) is 11.0. The summed E-state index contributed by atoms with van der Waals surface area (Å²) in [7, 11) is 1.57. The second kappa shape index (κ2) is 11.3. The number of halogens is 1. The quantitative estimate of drug-likeness (QED) is 0.316. The molecule has 7 heteroatoms. The van der Waals surface area contributed by atoms with Gasteiger partial charge in [0, 0.05) is 0 Å². The molecule has 0 radical (unpaired) electrons. The van der Waals surface area contributed by atoms with Crippen LogP contribution in [0, 0.1) is 0 Å². The highest BCUT2D eigenvalue weighted by Crippen LogP contribution is 2.36. The summed E-state index contributed by atoms with van der Waals surface area (Å²) in [6, 6.07) is 21.3. The van der Waals surface area contributed by atoms with Gasteiger partial charge in [0.05, 0.1) is 24.4 Å². The van der Waals surface area contributed by atoms with Crippen molar-refractivity contribution in [1.29, 1.82) is 0 Å². The van der Waals surface area contributed by atoms with Gasteiger partial charge < -0.3 is 14.2 Å². The fraction of sp³-hybridized carbons (Fsp3) is 0.200. The number of carbonyl (C=O) groups is 1. The van der Waals surface area contributed by atoms with Gasteiger partial charge in [-0.2, -0.15) is 5.10 Å². The SMILES string of the molecule is CCOc1c(Br)cc(/C=N/NC(=O)[C@H](C)Oc2ccc(-c3ccccc3)cc2)cc1OC. The van der Waals surface area contributed by atoms with Gasteiger partial charge in [0.25, 0.3) is 5.91 Å². The summed E-state index contributed by atoms with van der Waals surface area (Å²) in [5.41, 5.74) is 5.44. The van der Waals surface area contributed by atoms with Gasteiger partial charge in [-0.1, -0.05) is 42.5 Å². The van der Waals surface area contributed by atoms with Crippen molar-refractivity contribution in [3.05, 3.63) is 76.8 Å². The molecule has 1 atom stereocenters. The van der Waals surface area contributed by atoms with E-state index in [1.54, 1.807) is 20.1 Å². The lowest BCUT2D eigenvalue weighted by atomic mass is 10.1. The monoisotopic (exact) mass is 496 g/mol. The minimum absolute atomic E-state index is 0.356. The van der Waals surface area contributed by atoms with E-state index in [2.05, 4.69) is 26.5 Å². The van der Waals surface area contributed by atoms with E-state index in [1.807, 2.05) is 67.6 Å². The van der Waals surface area contributed by atoms with Gasteiger partial charge in [-0.05, 0) is 70.7 Å². The first-order chi connectivity index (χ1) is 15.5. The van der Waals surface area contributed by atoms with Crippen molar-refractivity contribution in [3.63, 3.8) is 0 Å². The van der Waals surface area contributed by atoms with Gasteiger partial charge in [0.1, 0.15) is 5.75 Å². The van der Waals surface area contributed by atoms with E-state index >= 15 is 0 Å². The van der Waals surface area contributed by atoms with Gasteiger partial charge in [-0.15, -0.1) is 0 Å². The van der Waals surface area contributed by atoms with Crippen LogP contribution in [0.5, 0.6) is 17.2 Å². The fourth-order valence-corrected chi connectivity index (χ4v) is 3.55. The summed E-state index contributed by atoms with van der Waals surface area (Å²) in [4.78, 5) is 12.4. The zero-order valence-corrected chi connectivity index (χ0v) is 19.8. The largest absolute Gasteiger partial charge is 0.493 e. The Morgan fingerprint density at radius 3 is 2.44 bits per heavy atom. The smallest absolute Gasteiger partial charge is 0.280 e. The van der Waals surface area contributed by atoms with E-state index in [0.717, 1.165) is 21.2 Å². The number of rotatable bonds is 9. The molecule has 0 aliphatic rings. The molecule has 0 saturated carbocycles. The van der Waals surface area contributed by atoms with E-state index in [9.17, 15) is 4.79 Å². The van der Waals surface area contributed by atoms with Crippen LogP contribution in [0.15, 0.2) is 76.3 Å². The van der Waals surface area contributed by atoms with Crippen LogP contribution in [0.3, 0.4) is 0 Å². The number of methoxy groups -OCH3 is 1. The molecule has 3 aromatic rings. The highest BCUT2D eigenvalue weighted by Gasteiger charge is 2.14. The van der Waals surface area contributed by atoms with Crippen molar-refractivity contribution < 1.29 is 19.0 Å². The van der Waals surface area contributed by atoms with Crippen LogP contribution in [-0.2, 0) is 4.79 Å². The number of amides is 1. The molecule has 3 rings (SSSR count). The second-order valence-electron chi connectivity index (χ2n) is 6.85. The van der Waals surface area contributed by atoms with Crippen LogP contribution in [0.2, 0.25) is 0 Å². The van der Waals surface area contributed by atoms with Crippen LogP contribution in [0.1, 0.15) is 19.4 Å². The first kappa shape index (κ1) is 23.3. The average molecular weight is 497 g/mol. The lowest BCUT2D eigenvalue weighted by molar-refractivity contribution is -0.127. The maximum atomic E-state index is 12.4. The fourth-order valence-electron chi connectivity index (χ4n) is 2.97. The molecule has 1 amide bonds. The van der Waals surface area contributed by atoms with Crippen molar-refractivity contribution in [3.8, 4) is 28.4 Å². The van der Waals surface area contributed by atoms with Crippen molar-refractivity contribution in [1.82, 2.24) is 5.43 Å². The number of hydrogen-bond acceptors (Lipinski definition) is 5. The van der Waals surface area contributed by atoms with Crippen molar-refractivity contribution in [2.75, 3.05) is 13.7 Å². The molecule has 32 heavy (non-hydrogen) atoms. The Balaban J connectivity index is 1.58. The molecular weight excluding hydrogens is 472 g/mol. The topological polar surface area (TPSA) is 69.2 Å². The molecule has 6 nitrogen and oxygen atoms in total. The minimum Gasteiger partial charge on any atom is -0.493 e. The summed E-state index contributed by atoms with van der Waals surface area (Å²) in [5.74, 6) is 1.45. The number of hydrogen-bond donors (Lipinski definition) is 1. The Kier molecular flexibility index (Phi) is 8.27. The number of nitrogens with one attached hydrogen (secondary N) is 1. The van der Waals surface area contributed by atoms with Crippen molar-refractivity contribution in [2.24, 2.45) is 5.10 Å². The molecule has 1 N–H and O–H groups in total. The maximum Gasteiger partial charge on any atom is 0.280 e. The van der Waals surface area contributed by atoms with Gasteiger partial charge in [0.15, 0.2) is 17.6 Å². The normalized spacial score (nSPS) is 11.8. The number of benzene rings is 3. The second-order valence-corrected chi connectivity index (χ2v) is 7.71. The predicted molar refractivity (Wildman–Crippen MR) is 130 cm³/mol. The Hall–Kier alpha value is -3.32. The van der Waals surface area contributed by atoms with Gasteiger partial charge in [-0.25, -0.2) is 5.43 Å². The van der Waals surface area contributed by atoms with Crippen LogP contribution < -0.4 is 19.6 Å². The van der Waals surface area contributed by atoms with E-state index in [4.69, 9.17) is 14.2 Å². The third kappa shape index (κ3) is 6.11. The molecule has 0 unspecified atom stereocenters. The van der Waals surface area contributed by atoms with Gasteiger partial charge in [-0.3, -0.25) is 4.79 Å². The molecule has 0 aliphatic carbocycles. The summed E-state index contributed by atoms with van der Waals surface area (Å²) in [6.07, 6.45) is 0.818. The Labute approximate surface area is 196 Å². The molecular formula is C25H25BrN2O4. The molecule has 0 spiro atoms. The molecule has 0 aliphatic heterocycles. The van der Waals surface area contributed by atoms with Crippen molar-refractivity contribution in [2.45, 2.75) is 20.0 Å². The third-order valence-corrected chi connectivity index (χ3v) is 5.16. The lowest BCUT2D eigenvalue weighted by Gasteiger charge is -2.13.